The molecule has 2 aromatic heterocycles. The molecule has 0 saturated heterocycles. The van der Waals surface area contributed by atoms with Gasteiger partial charge in [-0.05, 0) is 12.1 Å². The number of anilines is 1. The summed E-state index contributed by atoms with van der Waals surface area (Å²) in [5.41, 5.74) is 4.15. The summed E-state index contributed by atoms with van der Waals surface area (Å²) in [4.78, 5) is 0. The van der Waals surface area contributed by atoms with Crippen molar-refractivity contribution >= 4 is 28.5 Å². The number of nitrogens with two attached hydrogens (primary N) is 1. The Morgan fingerprint density at radius 2 is 2.00 bits per heavy atom. The molecule has 0 spiro atoms. The highest BCUT2D eigenvalue weighted by Gasteiger charge is 2.39. The number of halogens is 5. The Kier molecular flexibility index (Phi) is 2.84. The number of benzene rings is 1. The van der Waals surface area contributed by atoms with Gasteiger partial charge in [0.1, 0.15) is 11.6 Å². The van der Waals surface area contributed by atoms with Gasteiger partial charge in [0.25, 0.3) is 0 Å². The summed E-state index contributed by atoms with van der Waals surface area (Å²) < 4.78 is 53.3. The highest BCUT2D eigenvalue weighted by molar-refractivity contribution is 6.30. The molecule has 0 aliphatic rings. The van der Waals surface area contributed by atoms with Gasteiger partial charge in [-0.3, -0.25) is 5.10 Å². The van der Waals surface area contributed by atoms with Crippen LogP contribution in [0.3, 0.4) is 0 Å². The van der Waals surface area contributed by atoms with E-state index in [2.05, 4.69) is 15.3 Å². The molecular weight excluding hydrogens is 314 g/mol. The van der Waals surface area contributed by atoms with E-state index in [0.29, 0.717) is 0 Å². The molecule has 0 unspecified atom stereocenters. The van der Waals surface area contributed by atoms with Gasteiger partial charge >= 0.3 is 6.18 Å². The Labute approximate surface area is 119 Å². The van der Waals surface area contributed by atoms with Gasteiger partial charge in [-0.1, -0.05) is 11.6 Å². The third-order valence-electron chi connectivity index (χ3n) is 2.83. The van der Waals surface area contributed by atoms with Crippen LogP contribution in [0.15, 0.2) is 18.2 Å². The van der Waals surface area contributed by atoms with Gasteiger partial charge in [-0.15, -0.1) is 0 Å². The SMILES string of the molecule is Nc1[nH]nc2c1c(C(F)(F)F)nn2-c1ccc(Cl)c(F)c1. The van der Waals surface area contributed by atoms with Crippen LogP contribution in [0.5, 0.6) is 0 Å². The van der Waals surface area contributed by atoms with Gasteiger partial charge in [-0.25, -0.2) is 9.07 Å². The Hall–Kier alpha value is -2.29. The lowest BCUT2D eigenvalue weighted by molar-refractivity contribution is -0.140. The fourth-order valence-electron chi connectivity index (χ4n) is 1.92. The number of alkyl halides is 3. The van der Waals surface area contributed by atoms with Crippen LogP contribution < -0.4 is 5.73 Å². The first-order chi connectivity index (χ1) is 9.79. The van der Waals surface area contributed by atoms with Crippen molar-refractivity contribution in [1.29, 1.82) is 0 Å². The summed E-state index contributed by atoms with van der Waals surface area (Å²) in [5, 5.41) is 8.85. The maximum absolute atomic E-state index is 13.5. The van der Waals surface area contributed by atoms with E-state index in [4.69, 9.17) is 17.3 Å². The smallest absolute Gasteiger partial charge is 0.383 e. The third kappa shape index (κ3) is 2.09. The van der Waals surface area contributed by atoms with E-state index in [1.54, 1.807) is 0 Å². The average molecular weight is 320 g/mol. The first kappa shape index (κ1) is 13.7. The number of fused-ring (bicyclic) bond motifs is 1. The maximum atomic E-state index is 13.5. The number of H-pyrrole nitrogens is 1. The van der Waals surface area contributed by atoms with Crippen LogP contribution in [0.2, 0.25) is 5.02 Å². The number of nitrogen functional groups attached to an aromatic ring is 1. The second-order valence-electron chi connectivity index (χ2n) is 4.19. The number of nitrogens with zero attached hydrogens (tertiary/aromatic N) is 3. The summed E-state index contributed by atoms with van der Waals surface area (Å²) in [5.74, 6) is -1.05. The summed E-state index contributed by atoms with van der Waals surface area (Å²) in [7, 11) is 0. The minimum absolute atomic E-state index is 0.0453. The summed E-state index contributed by atoms with van der Waals surface area (Å²) >= 11 is 5.54. The molecule has 3 N–H and O–H groups in total. The van der Waals surface area contributed by atoms with Gasteiger partial charge in [0.05, 0.1) is 16.1 Å². The molecule has 0 radical (unpaired) electrons. The summed E-state index contributed by atoms with van der Waals surface area (Å²) in [6, 6.07) is 3.49. The lowest BCUT2D eigenvalue weighted by Gasteiger charge is -2.04. The van der Waals surface area contributed by atoms with Crippen molar-refractivity contribution in [2.24, 2.45) is 0 Å². The fourth-order valence-corrected chi connectivity index (χ4v) is 2.04. The van der Waals surface area contributed by atoms with Gasteiger partial charge < -0.3 is 5.73 Å². The first-order valence-corrected chi connectivity index (χ1v) is 5.92. The van der Waals surface area contributed by atoms with Crippen molar-refractivity contribution in [3.8, 4) is 5.69 Å². The standard InChI is InChI=1S/C11H6ClF4N5/c12-5-2-1-4(3-6(5)13)21-10-7(9(17)18-19-10)8(20-21)11(14,15)16/h1-3H,(H3,17,18,19). The molecule has 0 fully saturated rings. The molecular formula is C11H6ClF4N5. The largest absolute Gasteiger partial charge is 0.436 e. The highest BCUT2D eigenvalue weighted by Crippen LogP contribution is 2.36. The summed E-state index contributed by atoms with van der Waals surface area (Å²) in [6.07, 6.45) is -4.72. The quantitative estimate of drug-likeness (QED) is 0.677. The van der Waals surface area contributed by atoms with Gasteiger partial charge in [0.15, 0.2) is 11.3 Å². The van der Waals surface area contributed by atoms with Crippen molar-refractivity contribution in [2.45, 2.75) is 6.18 Å². The zero-order valence-corrected chi connectivity index (χ0v) is 10.8. The van der Waals surface area contributed by atoms with E-state index in [1.807, 2.05) is 0 Å². The number of nitrogens with one attached hydrogen (secondary N) is 1. The van der Waals surface area contributed by atoms with Crippen LogP contribution in [0, 0.1) is 5.82 Å². The van der Waals surface area contributed by atoms with Crippen molar-refractivity contribution in [2.75, 3.05) is 5.73 Å². The Bertz CT molecular complexity index is 835. The van der Waals surface area contributed by atoms with E-state index >= 15 is 0 Å². The second kappa shape index (κ2) is 4.35. The zero-order valence-electron chi connectivity index (χ0n) is 10.0. The van der Waals surface area contributed by atoms with E-state index in [0.717, 1.165) is 10.7 Å². The van der Waals surface area contributed by atoms with Crippen molar-refractivity contribution < 1.29 is 17.6 Å². The average Bonchev–Trinajstić information content (AvgIpc) is 2.94. The normalized spacial score (nSPS) is 12.2. The van der Waals surface area contributed by atoms with Crippen LogP contribution in [0.1, 0.15) is 5.69 Å². The number of aromatic amines is 1. The molecule has 0 atom stereocenters. The minimum atomic E-state index is -4.72. The molecule has 10 heteroatoms. The second-order valence-corrected chi connectivity index (χ2v) is 4.60. The molecule has 0 saturated carbocycles. The first-order valence-electron chi connectivity index (χ1n) is 5.54. The van der Waals surface area contributed by atoms with Crippen molar-refractivity contribution in [3.63, 3.8) is 0 Å². The van der Waals surface area contributed by atoms with Gasteiger partial charge in [-0.2, -0.15) is 23.4 Å². The predicted molar refractivity (Wildman–Crippen MR) is 67.6 cm³/mol. The molecule has 1 aromatic carbocycles. The van der Waals surface area contributed by atoms with Crippen LogP contribution in [-0.4, -0.2) is 20.0 Å². The Morgan fingerprint density at radius 3 is 2.62 bits per heavy atom. The van der Waals surface area contributed by atoms with Gasteiger partial charge in [0, 0.05) is 6.07 Å². The zero-order chi connectivity index (χ0) is 15.4. The van der Waals surface area contributed by atoms with Crippen molar-refractivity contribution in [1.82, 2.24) is 20.0 Å². The molecule has 0 bridgehead atoms. The van der Waals surface area contributed by atoms with Crippen molar-refractivity contribution in [3.05, 3.63) is 34.7 Å². The number of rotatable bonds is 1. The molecule has 110 valence electrons. The fraction of sp³-hybridized carbons (Fsp3) is 0.0909. The van der Waals surface area contributed by atoms with E-state index in [-0.39, 0.29) is 27.6 Å². The van der Waals surface area contributed by atoms with Crippen LogP contribution in [0.4, 0.5) is 23.4 Å². The molecule has 5 nitrogen and oxygen atoms in total. The predicted octanol–water partition coefficient (Wildman–Crippen LogP) is 3.14. The van der Waals surface area contributed by atoms with Crippen LogP contribution >= 0.6 is 11.6 Å². The minimum Gasteiger partial charge on any atom is -0.383 e. The molecule has 0 aliphatic heterocycles. The molecule has 2 heterocycles. The number of hydrogen-bond acceptors (Lipinski definition) is 3. The lowest BCUT2D eigenvalue weighted by Crippen LogP contribution is -2.08. The van der Waals surface area contributed by atoms with Crippen LogP contribution in [0.25, 0.3) is 16.7 Å². The Balaban J connectivity index is 2.31. The van der Waals surface area contributed by atoms with E-state index in [9.17, 15) is 17.6 Å². The van der Waals surface area contributed by atoms with E-state index in [1.165, 1.54) is 12.1 Å². The van der Waals surface area contributed by atoms with Gasteiger partial charge in [0.2, 0.25) is 0 Å². The maximum Gasteiger partial charge on any atom is 0.436 e. The monoisotopic (exact) mass is 319 g/mol. The lowest BCUT2D eigenvalue weighted by atomic mass is 10.3. The molecule has 3 rings (SSSR count). The molecule has 21 heavy (non-hydrogen) atoms. The number of aromatic nitrogens is 4. The molecule has 3 aromatic rings. The van der Waals surface area contributed by atoms with E-state index < -0.39 is 17.7 Å². The highest BCUT2D eigenvalue weighted by atomic mass is 35.5. The summed E-state index contributed by atoms with van der Waals surface area (Å²) in [6.45, 7) is 0. The topological polar surface area (TPSA) is 72.5 Å². The Morgan fingerprint density at radius 1 is 1.29 bits per heavy atom. The molecule has 0 amide bonds. The molecule has 0 aliphatic carbocycles. The van der Waals surface area contributed by atoms with Crippen LogP contribution in [-0.2, 0) is 6.18 Å². The third-order valence-corrected chi connectivity index (χ3v) is 3.14. The number of hydrogen-bond donors (Lipinski definition) is 2.